The number of hydrogen-bond donors (Lipinski definition) is 7. The largest absolute Gasteiger partial charge is 0.490 e. The Hall–Kier alpha value is -1.97. The molecular formula is C18H23N6O14P3S2. The van der Waals surface area contributed by atoms with Gasteiger partial charge in [-0.25, -0.2) is 23.7 Å². The molecule has 7 atom stereocenters. The lowest BCUT2D eigenvalue weighted by molar-refractivity contribution is -0.171. The molecule has 43 heavy (non-hydrogen) atoms. The number of carbonyl (C=O) groups excluding carboxylic acids is 1. The van der Waals surface area contributed by atoms with E-state index in [1.165, 1.54) is 22.2 Å². The maximum atomic E-state index is 12.9. The third-order valence-electron chi connectivity index (χ3n) is 6.01. The van der Waals surface area contributed by atoms with Gasteiger partial charge in [-0.05, 0) is 23.9 Å². The third kappa shape index (κ3) is 7.47. The zero-order valence-corrected chi connectivity index (χ0v) is 25.8. The molecule has 2 aliphatic heterocycles. The van der Waals surface area contributed by atoms with Crippen LogP contribution in [-0.2, 0) is 52.4 Å². The van der Waals surface area contributed by atoms with Gasteiger partial charge in [0.05, 0.1) is 19.5 Å². The average molecular weight is 704 g/mol. The number of nitrogen functional groups attached to an aromatic ring is 1. The van der Waals surface area contributed by atoms with E-state index in [1.807, 2.05) is 18.4 Å². The van der Waals surface area contributed by atoms with Crippen molar-refractivity contribution in [1.29, 1.82) is 0 Å². The molecular weight excluding hydrogens is 681 g/mol. The number of thiophene rings is 1. The van der Waals surface area contributed by atoms with Gasteiger partial charge in [0.2, 0.25) is 6.29 Å². The van der Waals surface area contributed by atoms with E-state index in [4.69, 9.17) is 46.5 Å². The first-order chi connectivity index (χ1) is 20.0. The summed E-state index contributed by atoms with van der Waals surface area (Å²) >= 11 is 6.64. The van der Waals surface area contributed by atoms with Crippen LogP contribution in [0, 0.1) is 11.6 Å². The van der Waals surface area contributed by atoms with Crippen molar-refractivity contribution in [1.82, 2.24) is 24.8 Å². The molecule has 25 heteroatoms. The van der Waals surface area contributed by atoms with Crippen molar-refractivity contribution >= 4 is 70.0 Å². The van der Waals surface area contributed by atoms with Crippen LogP contribution in [0.5, 0.6) is 0 Å². The second-order valence-corrected chi connectivity index (χ2v) is 14.8. The molecule has 2 aliphatic rings. The van der Waals surface area contributed by atoms with Crippen molar-refractivity contribution in [3.05, 3.63) is 32.9 Å². The highest BCUT2D eigenvalue weighted by Crippen LogP contribution is 2.66. The van der Waals surface area contributed by atoms with Crippen LogP contribution in [0.25, 0.3) is 11.2 Å². The fraction of sp³-hybridized carbons (Fsp3) is 0.444. The average Bonchev–Trinajstić information content (AvgIpc) is 3.63. The van der Waals surface area contributed by atoms with Crippen molar-refractivity contribution in [3.8, 4) is 0 Å². The van der Waals surface area contributed by atoms with Crippen molar-refractivity contribution in [2.75, 3.05) is 12.3 Å². The number of amides is 1. The number of imidazole rings is 1. The SMILES string of the molecule is Cc1ccsc1CNC(=O)C1OC2C(COP(=O)(O)OP(=O)(O)OP(=O)(O)O)OC(n3cnc4c(=S)nc(N)[nH]c43)C2O1. The molecule has 0 spiro atoms. The zero-order chi connectivity index (χ0) is 31.3. The van der Waals surface area contributed by atoms with Crippen molar-refractivity contribution in [2.45, 2.75) is 44.3 Å². The number of hydrogen-bond acceptors (Lipinski definition) is 15. The maximum Gasteiger partial charge on any atom is 0.490 e. The predicted octanol–water partition coefficient (Wildman–Crippen LogP) is 1.11. The summed E-state index contributed by atoms with van der Waals surface area (Å²) < 4.78 is 66.3. The van der Waals surface area contributed by atoms with Gasteiger partial charge in [0.25, 0.3) is 5.91 Å². The summed E-state index contributed by atoms with van der Waals surface area (Å²) in [6.45, 7) is 1.23. The molecule has 3 aromatic rings. The molecule has 2 fully saturated rings. The highest BCUT2D eigenvalue weighted by atomic mass is 32.1. The first-order valence-corrected chi connectivity index (χ1v) is 17.6. The number of carbonyl (C=O) groups is 1. The van der Waals surface area contributed by atoms with E-state index in [-0.39, 0.29) is 28.3 Å². The summed E-state index contributed by atoms with van der Waals surface area (Å²) in [6.07, 6.45) is -4.71. The van der Waals surface area contributed by atoms with E-state index in [9.17, 15) is 28.3 Å². The minimum absolute atomic E-state index is 0.0391. The first kappa shape index (κ1) is 32.4. The molecule has 0 saturated carbocycles. The van der Waals surface area contributed by atoms with Gasteiger partial charge in [0, 0.05) is 4.88 Å². The Balaban J connectivity index is 1.36. The van der Waals surface area contributed by atoms with Gasteiger partial charge in [0.15, 0.2) is 16.8 Å². The summed E-state index contributed by atoms with van der Waals surface area (Å²) in [5.74, 6) is -0.668. The van der Waals surface area contributed by atoms with Crippen LogP contribution >= 0.6 is 47.0 Å². The standard InChI is InChI=1S/C18H23N6O14P3S2/c1-7-2-3-43-9(7)4-20-14(25)17-35-11-8(5-33-40(29,30)38-41(31,32)37-39(26,27)28)34-16(12(11)36-17)24-6-21-10-13(24)22-18(19)23-15(10)42/h2-3,6,8,11-12,16-17H,4-5H2,1H3,(H,20,25)(H,29,30)(H,31,32)(H2,26,27,28)(H3,19,22,23,42). The Bertz CT molecular complexity index is 1740. The van der Waals surface area contributed by atoms with Crippen LogP contribution in [0.1, 0.15) is 16.7 Å². The molecule has 5 heterocycles. The number of aryl methyl sites for hydroxylation is 1. The van der Waals surface area contributed by atoms with Crippen molar-refractivity contribution < 1.29 is 65.4 Å². The van der Waals surface area contributed by atoms with Gasteiger partial charge in [-0.3, -0.25) is 13.9 Å². The van der Waals surface area contributed by atoms with Crippen molar-refractivity contribution in [3.63, 3.8) is 0 Å². The molecule has 5 rings (SSSR count). The molecule has 236 valence electrons. The highest BCUT2D eigenvalue weighted by Gasteiger charge is 2.56. The molecule has 1 amide bonds. The molecule has 7 unspecified atom stereocenters. The molecule has 0 radical (unpaired) electrons. The van der Waals surface area contributed by atoms with Crippen LogP contribution in [0.2, 0.25) is 0 Å². The Labute approximate surface area is 249 Å². The topological polar surface area (TPSA) is 289 Å². The number of phosphoric ester groups is 1. The number of H-pyrrole nitrogens is 1. The van der Waals surface area contributed by atoms with Gasteiger partial charge >= 0.3 is 23.5 Å². The number of rotatable bonds is 11. The lowest BCUT2D eigenvalue weighted by atomic mass is 10.1. The minimum atomic E-state index is -5.76. The Morgan fingerprint density at radius 2 is 1.91 bits per heavy atom. The molecule has 8 N–H and O–H groups in total. The monoisotopic (exact) mass is 704 g/mol. The van der Waals surface area contributed by atoms with Gasteiger partial charge in [-0.15, -0.1) is 11.3 Å². The third-order valence-corrected chi connectivity index (χ3v) is 11.1. The Kier molecular flexibility index (Phi) is 9.11. The van der Waals surface area contributed by atoms with Gasteiger partial charge < -0.3 is 49.8 Å². The number of fused-ring (bicyclic) bond motifs is 2. The number of nitrogens with two attached hydrogens (primary N) is 1. The number of aromatic nitrogens is 4. The van der Waals surface area contributed by atoms with E-state index in [2.05, 4.69) is 28.9 Å². The van der Waals surface area contributed by atoms with Crippen molar-refractivity contribution in [2.24, 2.45) is 0 Å². The highest BCUT2D eigenvalue weighted by molar-refractivity contribution is 7.71. The number of anilines is 1. The normalized spacial score (nSPS) is 26.7. The van der Waals surface area contributed by atoms with Crippen LogP contribution < -0.4 is 11.1 Å². The number of aromatic amines is 1. The number of nitrogens with zero attached hydrogens (tertiary/aromatic N) is 3. The lowest BCUT2D eigenvalue weighted by Gasteiger charge is -2.22. The molecule has 20 nitrogen and oxygen atoms in total. The quantitative estimate of drug-likeness (QED) is 0.109. The molecule has 0 aromatic carbocycles. The Morgan fingerprint density at radius 1 is 1.19 bits per heavy atom. The number of nitrogens with one attached hydrogen (secondary N) is 2. The van der Waals surface area contributed by atoms with E-state index >= 15 is 0 Å². The van der Waals surface area contributed by atoms with E-state index in [0.29, 0.717) is 0 Å². The molecule has 0 aliphatic carbocycles. The van der Waals surface area contributed by atoms with Gasteiger partial charge in [-0.1, -0.05) is 12.2 Å². The number of phosphoric acid groups is 3. The van der Waals surface area contributed by atoms with Crippen LogP contribution in [0.4, 0.5) is 5.95 Å². The smallest absolute Gasteiger partial charge is 0.369 e. The molecule has 0 bridgehead atoms. The summed E-state index contributed by atoms with van der Waals surface area (Å²) in [7, 11) is -16.8. The first-order valence-electron chi connectivity index (χ1n) is 11.8. The fourth-order valence-electron chi connectivity index (χ4n) is 4.27. The fourth-order valence-corrected chi connectivity index (χ4v) is 8.39. The van der Waals surface area contributed by atoms with E-state index < -0.39 is 66.8 Å². The second kappa shape index (κ2) is 12.1. The summed E-state index contributed by atoms with van der Waals surface area (Å²) in [6, 6.07) is 1.90. The number of ether oxygens (including phenoxy) is 3. The zero-order valence-electron chi connectivity index (χ0n) is 21.5. The summed E-state index contributed by atoms with van der Waals surface area (Å²) in [4.78, 5) is 61.6. The Morgan fingerprint density at radius 3 is 2.58 bits per heavy atom. The summed E-state index contributed by atoms with van der Waals surface area (Å²) in [5, 5.41) is 4.58. The van der Waals surface area contributed by atoms with Gasteiger partial charge in [-0.2, -0.15) is 8.62 Å². The second-order valence-electron chi connectivity index (χ2n) is 9.01. The van der Waals surface area contributed by atoms with E-state index in [1.54, 1.807) is 0 Å². The van der Waals surface area contributed by atoms with Crippen LogP contribution in [0.15, 0.2) is 17.8 Å². The minimum Gasteiger partial charge on any atom is -0.369 e. The van der Waals surface area contributed by atoms with Gasteiger partial charge in [0.1, 0.15) is 29.5 Å². The predicted molar refractivity (Wildman–Crippen MR) is 145 cm³/mol. The molecule has 2 saturated heterocycles. The summed E-state index contributed by atoms with van der Waals surface area (Å²) in [5.41, 5.74) is 7.29. The molecule has 3 aromatic heterocycles. The lowest BCUT2D eigenvalue weighted by Crippen LogP contribution is -2.37. The van der Waals surface area contributed by atoms with Crippen LogP contribution in [-0.4, -0.2) is 76.2 Å². The maximum absolute atomic E-state index is 12.9. The van der Waals surface area contributed by atoms with Crippen LogP contribution in [0.3, 0.4) is 0 Å². The van der Waals surface area contributed by atoms with E-state index in [0.717, 1.165) is 10.4 Å².